The van der Waals surface area contributed by atoms with E-state index in [9.17, 15) is 0 Å². The van der Waals surface area contributed by atoms with Gasteiger partial charge in [-0.3, -0.25) is 0 Å². The fraction of sp³-hybridized carbons (Fsp3) is 0.111. The monoisotopic (exact) mass is 249 g/mol. The van der Waals surface area contributed by atoms with Gasteiger partial charge >= 0.3 is 0 Å². The highest BCUT2D eigenvalue weighted by Gasteiger charge is 1.98. The first-order valence-electron chi connectivity index (χ1n) is 6.51. The van der Waals surface area contributed by atoms with Crippen LogP contribution >= 0.6 is 0 Å². The summed E-state index contributed by atoms with van der Waals surface area (Å²) in [4.78, 5) is 0. The third-order valence-corrected chi connectivity index (χ3v) is 2.93. The highest BCUT2D eigenvalue weighted by atomic mass is 14.9. The minimum Gasteiger partial charge on any atom is -0.303 e. The molecule has 0 bridgehead atoms. The Morgan fingerprint density at radius 3 is 2.21 bits per heavy atom. The molecule has 0 aliphatic carbocycles. The van der Waals surface area contributed by atoms with Crippen molar-refractivity contribution in [2.24, 2.45) is 0 Å². The second-order valence-electron chi connectivity index (χ2n) is 4.40. The van der Waals surface area contributed by atoms with E-state index >= 15 is 0 Å². The Morgan fingerprint density at radius 2 is 1.58 bits per heavy atom. The zero-order valence-electron chi connectivity index (χ0n) is 11.0. The lowest BCUT2D eigenvalue weighted by atomic mass is 10.1. The number of rotatable bonds is 6. The van der Waals surface area contributed by atoms with Crippen LogP contribution in [0.2, 0.25) is 0 Å². The fourth-order valence-electron chi connectivity index (χ4n) is 1.84. The van der Waals surface area contributed by atoms with Gasteiger partial charge in [0.25, 0.3) is 0 Å². The predicted molar refractivity (Wildman–Crippen MR) is 82.7 cm³/mol. The van der Waals surface area contributed by atoms with Crippen molar-refractivity contribution in [1.82, 2.24) is 5.32 Å². The van der Waals surface area contributed by atoms with Crippen LogP contribution in [0.4, 0.5) is 0 Å². The van der Waals surface area contributed by atoms with Crippen molar-refractivity contribution in [2.75, 3.05) is 0 Å². The van der Waals surface area contributed by atoms with Crippen molar-refractivity contribution in [1.29, 1.82) is 0 Å². The molecule has 2 aromatic carbocycles. The maximum atomic E-state index is 3.87. The first-order valence-corrected chi connectivity index (χ1v) is 6.51. The summed E-state index contributed by atoms with van der Waals surface area (Å²) < 4.78 is 0. The summed E-state index contributed by atoms with van der Waals surface area (Å²) in [6.45, 7) is 4.72. The number of hydrogen-bond acceptors (Lipinski definition) is 1. The lowest BCUT2D eigenvalue weighted by Crippen LogP contribution is -2.24. The van der Waals surface area contributed by atoms with Crippen LogP contribution in [-0.4, -0.2) is 6.04 Å². The largest absolute Gasteiger partial charge is 0.303 e. The van der Waals surface area contributed by atoms with Crippen LogP contribution in [0.1, 0.15) is 11.1 Å². The number of benzene rings is 2. The van der Waals surface area contributed by atoms with Gasteiger partial charge in [-0.1, -0.05) is 78.9 Å². The third kappa shape index (κ3) is 4.57. The molecule has 0 heterocycles. The molecule has 0 saturated carbocycles. The molecule has 0 spiro atoms. The summed E-state index contributed by atoms with van der Waals surface area (Å²) in [5, 5.41) is 3.45. The van der Waals surface area contributed by atoms with Crippen molar-refractivity contribution in [3.05, 3.63) is 90.5 Å². The normalized spacial score (nSPS) is 12.4. The van der Waals surface area contributed by atoms with Crippen LogP contribution in [0.25, 0.3) is 6.08 Å². The molecule has 0 unspecified atom stereocenters. The first kappa shape index (κ1) is 13.3. The van der Waals surface area contributed by atoms with Crippen LogP contribution in [0.5, 0.6) is 0 Å². The van der Waals surface area contributed by atoms with E-state index in [1.165, 1.54) is 11.1 Å². The molecule has 0 saturated heterocycles. The summed E-state index contributed by atoms with van der Waals surface area (Å²) in [5.41, 5.74) is 2.48. The zero-order chi connectivity index (χ0) is 13.3. The molecular weight excluding hydrogens is 230 g/mol. The van der Waals surface area contributed by atoms with E-state index < -0.39 is 0 Å². The third-order valence-electron chi connectivity index (χ3n) is 2.93. The molecule has 0 radical (unpaired) electrons. The Morgan fingerprint density at radius 1 is 0.947 bits per heavy atom. The Balaban J connectivity index is 1.90. The molecule has 2 rings (SSSR count). The van der Waals surface area contributed by atoms with Crippen molar-refractivity contribution in [2.45, 2.75) is 12.6 Å². The second kappa shape index (κ2) is 7.34. The maximum Gasteiger partial charge on any atom is 0.0438 e. The molecule has 1 atom stereocenters. The molecule has 0 amide bonds. The fourth-order valence-corrected chi connectivity index (χ4v) is 1.84. The van der Waals surface area contributed by atoms with E-state index in [1.807, 2.05) is 30.3 Å². The summed E-state index contributed by atoms with van der Waals surface area (Å²) in [7, 11) is 0. The van der Waals surface area contributed by atoms with Gasteiger partial charge in [0.2, 0.25) is 0 Å². The molecule has 19 heavy (non-hydrogen) atoms. The molecule has 1 N–H and O–H groups in total. The van der Waals surface area contributed by atoms with Crippen molar-refractivity contribution < 1.29 is 0 Å². The van der Waals surface area contributed by atoms with Crippen molar-refractivity contribution in [3.63, 3.8) is 0 Å². The molecule has 1 nitrogen and oxygen atoms in total. The Bertz CT molecular complexity index is 514. The van der Waals surface area contributed by atoms with Gasteiger partial charge in [-0.2, -0.15) is 0 Å². The second-order valence-corrected chi connectivity index (χ2v) is 4.40. The first-order chi connectivity index (χ1) is 9.38. The highest BCUT2D eigenvalue weighted by molar-refractivity contribution is 5.50. The Hall–Kier alpha value is -2.12. The molecular formula is C18H19N. The zero-order valence-corrected chi connectivity index (χ0v) is 11.0. The quantitative estimate of drug-likeness (QED) is 0.762. The summed E-state index contributed by atoms with van der Waals surface area (Å²) in [5.74, 6) is 0. The van der Waals surface area contributed by atoms with Gasteiger partial charge < -0.3 is 5.32 Å². The summed E-state index contributed by atoms with van der Waals surface area (Å²) in [6.07, 6.45) is 6.16. The average molecular weight is 249 g/mol. The van der Waals surface area contributed by atoms with E-state index in [0.29, 0.717) is 0 Å². The van der Waals surface area contributed by atoms with Gasteiger partial charge in [-0.25, -0.2) is 0 Å². The Labute approximate surface area is 115 Å². The van der Waals surface area contributed by atoms with Crippen LogP contribution < -0.4 is 5.32 Å². The molecule has 96 valence electrons. The minimum atomic E-state index is 0.181. The van der Waals surface area contributed by atoms with E-state index in [1.54, 1.807) is 0 Å². The van der Waals surface area contributed by atoms with Gasteiger partial charge in [0, 0.05) is 12.6 Å². The average Bonchev–Trinajstić information content (AvgIpc) is 2.49. The van der Waals surface area contributed by atoms with Crippen LogP contribution in [0, 0.1) is 0 Å². The van der Waals surface area contributed by atoms with Crippen LogP contribution in [0.15, 0.2) is 79.4 Å². The van der Waals surface area contributed by atoms with Gasteiger partial charge in [0.15, 0.2) is 0 Å². The molecule has 0 aliphatic heterocycles. The van der Waals surface area contributed by atoms with Gasteiger partial charge in [0.05, 0.1) is 0 Å². The van der Waals surface area contributed by atoms with E-state index in [0.717, 1.165) is 6.54 Å². The lowest BCUT2D eigenvalue weighted by Gasteiger charge is -2.10. The SMILES string of the molecule is C=C[C@@H](/C=C/c1ccccc1)NCc1ccccc1. The van der Waals surface area contributed by atoms with Crippen molar-refractivity contribution >= 4 is 6.08 Å². The number of hydrogen-bond donors (Lipinski definition) is 1. The smallest absolute Gasteiger partial charge is 0.0438 e. The molecule has 0 aliphatic rings. The topological polar surface area (TPSA) is 12.0 Å². The van der Waals surface area contributed by atoms with Crippen LogP contribution in [0.3, 0.4) is 0 Å². The van der Waals surface area contributed by atoms with Crippen molar-refractivity contribution in [3.8, 4) is 0 Å². The molecule has 2 aromatic rings. The van der Waals surface area contributed by atoms with E-state index in [4.69, 9.17) is 0 Å². The van der Waals surface area contributed by atoms with Gasteiger partial charge in [-0.15, -0.1) is 6.58 Å². The molecule has 0 aromatic heterocycles. The minimum absolute atomic E-state index is 0.181. The van der Waals surface area contributed by atoms with Crippen LogP contribution in [-0.2, 0) is 6.54 Å². The highest BCUT2D eigenvalue weighted by Crippen LogP contribution is 2.04. The van der Waals surface area contributed by atoms with Gasteiger partial charge in [0.1, 0.15) is 0 Å². The predicted octanol–water partition coefficient (Wildman–Crippen LogP) is 4.04. The maximum absolute atomic E-state index is 3.87. The van der Waals surface area contributed by atoms with Gasteiger partial charge in [-0.05, 0) is 11.1 Å². The summed E-state index contributed by atoms with van der Waals surface area (Å²) >= 11 is 0. The Kier molecular flexibility index (Phi) is 5.15. The standard InChI is InChI=1S/C18H19N/c1-2-18(14-13-16-9-5-3-6-10-16)19-15-17-11-7-4-8-12-17/h2-14,18-19H,1,15H2/b14-13+/t18-/m0/s1. The number of nitrogens with one attached hydrogen (secondary N) is 1. The van der Waals surface area contributed by atoms with E-state index in [-0.39, 0.29) is 6.04 Å². The summed E-state index contributed by atoms with van der Waals surface area (Å²) in [6, 6.07) is 20.9. The lowest BCUT2D eigenvalue weighted by molar-refractivity contribution is 0.678. The van der Waals surface area contributed by atoms with E-state index in [2.05, 4.69) is 60.4 Å². The molecule has 1 heteroatoms. The molecule has 0 fully saturated rings.